The number of hydrogen-bond donors (Lipinski definition) is 2. The van der Waals surface area contributed by atoms with Crippen molar-refractivity contribution in [3.63, 3.8) is 0 Å². The molecular formula is C32H35F3N6O4S. The molecule has 3 N–H and O–H groups in total. The monoisotopic (exact) mass is 656 g/mol. The molecule has 4 unspecified atom stereocenters. The van der Waals surface area contributed by atoms with Gasteiger partial charge in [0.2, 0.25) is 17.7 Å². The van der Waals surface area contributed by atoms with Crippen molar-refractivity contribution in [3.05, 3.63) is 46.1 Å². The average molecular weight is 657 g/mol. The molecule has 0 bridgehead atoms. The Labute approximate surface area is 267 Å². The van der Waals surface area contributed by atoms with E-state index < -0.39 is 23.8 Å². The van der Waals surface area contributed by atoms with Crippen LogP contribution in [0, 0.1) is 30.1 Å². The zero-order chi connectivity index (χ0) is 33.5. The number of aryl methyl sites for hydroxylation is 1. The molecule has 0 radical (unpaired) electrons. The summed E-state index contributed by atoms with van der Waals surface area (Å²) in [6.07, 6.45) is -2.87. The normalized spacial score (nSPS) is 23.0. The summed E-state index contributed by atoms with van der Waals surface area (Å²) in [5.74, 6) is -2.02. The fraction of sp³-hybridized carbons (Fsp3) is 0.500. The van der Waals surface area contributed by atoms with Gasteiger partial charge in [0.25, 0.3) is 5.91 Å². The van der Waals surface area contributed by atoms with Gasteiger partial charge < -0.3 is 16.0 Å². The molecule has 3 aromatic heterocycles. The second-order valence-electron chi connectivity index (χ2n) is 13.4. The highest BCUT2D eigenvalue weighted by Gasteiger charge is 2.72. The van der Waals surface area contributed by atoms with E-state index in [2.05, 4.69) is 15.3 Å². The maximum absolute atomic E-state index is 14.0. The minimum Gasteiger partial charge on any atom is -0.350 e. The number of hydrogen-bond acceptors (Lipinski definition) is 8. The maximum atomic E-state index is 14.0. The van der Waals surface area contributed by atoms with Crippen LogP contribution in [0.5, 0.6) is 0 Å². The van der Waals surface area contributed by atoms with Crippen LogP contribution in [-0.2, 0) is 27.1 Å². The quantitative estimate of drug-likeness (QED) is 0.365. The lowest BCUT2D eigenvalue weighted by atomic mass is 9.99. The Kier molecular flexibility index (Phi) is 7.74. The third-order valence-corrected chi connectivity index (χ3v) is 10.6. The first kappa shape index (κ1) is 32.0. The van der Waals surface area contributed by atoms with E-state index in [1.165, 1.54) is 40.3 Å². The van der Waals surface area contributed by atoms with Crippen molar-refractivity contribution in [1.82, 2.24) is 25.1 Å². The predicted molar refractivity (Wildman–Crippen MR) is 164 cm³/mol. The van der Waals surface area contributed by atoms with Crippen LogP contribution < -0.4 is 11.1 Å². The van der Waals surface area contributed by atoms with Gasteiger partial charge in [0.05, 0.1) is 45.9 Å². The van der Waals surface area contributed by atoms with Crippen LogP contribution in [0.4, 0.5) is 13.2 Å². The van der Waals surface area contributed by atoms with Gasteiger partial charge in [0.1, 0.15) is 5.69 Å². The van der Waals surface area contributed by atoms with Crippen molar-refractivity contribution in [1.29, 1.82) is 0 Å². The number of pyridine rings is 2. The van der Waals surface area contributed by atoms with E-state index in [1.807, 2.05) is 27.7 Å². The number of halogens is 3. The second-order valence-corrected chi connectivity index (χ2v) is 14.5. The number of nitrogens with zero attached hydrogens (tertiary/aromatic N) is 4. The standard InChI is InChI=1S/C32H35F3N6O4S/c1-14(2)24(36)27(42)38-16-7-9-40(12-16)28(43)21-15(3)10-20(32(33,34)35)39-25(21)18-6-8-37-19-11-17(46-26(18)19)13-41-29(44)22-23(30(41)45)31(22,4)5/h6,8,10-11,14,16,22-24H,7,9,12-13,36H2,1-5H3,(H,38,42). The second kappa shape index (κ2) is 11.1. The molecular weight excluding hydrogens is 621 g/mol. The Bertz CT molecular complexity index is 1760. The van der Waals surface area contributed by atoms with Crippen molar-refractivity contribution >= 4 is 45.2 Å². The number of thiophene rings is 1. The number of rotatable bonds is 7. The molecule has 1 aliphatic carbocycles. The molecule has 10 nitrogen and oxygen atoms in total. The highest BCUT2D eigenvalue weighted by Crippen LogP contribution is 2.63. The topological polar surface area (TPSA) is 139 Å². The molecule has 4 atom stereocenters. The van der Waals surface area contributed by atoms with Gasteiger partial charge in [-0.3, -0.25) is 29.1 Å². The summed E-state index contributed by atoms with van der Waals surface area (Å²) in [4.78, 5) is 64.2. The van der Waals surface area contributed by atoms with Gasteiger partial charge in [-0.25, -0.2) is 4.98 Å². The fourth-order valence-corrected chi connectivity index (χ4v) is 7.79. The highest BCUT2D eigenvalue weighted by atomic mass is 32.1. The molecule has 0 spiro atoms. The SMILES string of the molecule is Cc1cc(C(F)(F)F)nc(-c2ccnc3cc(CN4C(=O)C5C(C4=O)C5(C)C)sc23)c1C(=O)N1CCC(NC(=O)C(N)C(C)C)C1. The molecule has 46 heavy (non-hydrogen) atoms. The number of carbonyl (C=O) groups excluding carboxylic acids is 4. The van der Waals surface area contributed by atoms with Crippen LogP contribution in [0.15, 0.2) is 24.4 Å². The number of nitrogens with two attached hydrogens (primary N) is 1. The van der Waals surface area contributed by atoms with Gasteiger partial charge in [-0.1, -0.05) is 27.7 Å². The molecule has 3 aliphatic rings. The van der Waals surface area contributed by atoms with Crippen molar-refractivity contribution in [2.75, 3.05) is 13.1 Å². The van der Waals surface area contributed by atoms with Gasteiger partial charge in [-0.15, -0.1) is 11.3 Å². The Morgan fingerprint density at radius 2 is 1.85 bits per heavy atom. The summed E-state index contributed by atoms with van der Waals surface area (Å²) < 4.78 is 42.5. The van der Waals surface area contributed by atoms with Gasteiger partial charge in [0, 0.05) is 35.8 Å². The third-order valence-electron chi connectivity index (χ3n) is 9.49. The molecule has 244 valence electrons. The Morgan fingerprint density at radius 1 is 1.17 bits per heavy atom. The molecule has 1 saturated carbocycles. The largest absolute Gasteiger partial charge is 0.433 e. The number of aromatic nitrogens is 2. The van der Waals surface area contributed by atoms with E-state index >= 15 is 0 Å². The molecule has 14 heteroatoms. The number of fused-ring (bicyclic) bond motifs is 2. The van der Waals surface area contributed by atoms with Crippen molar-refractivity contribution in [2.24, 2.45) is 28.9 Å². The van der Waals surface area contributed by atoms with E-state index in [1.54, 1.807) is 6.07 Å². The van der Waals surface area contributed by atoms with Crippen molar-refractivity contribution < 1.29 is 32.3 Å². The van der Waals surface area contributed by atoms with E-state index in [9.17, 15) is 32.3 Å². The van der Waals surface area contributed by atoms with Gasteiger partial charge in [-0.2, -0.15) is 13.2 Å². The highest BCUT2D eigenvalue weighted by molar-refractivity contribution is 7.19. The molecule has 3 fully saturated rings. The molecule has 0 aromatic carbocycles. The Balaban J connectivity index is 1.34. The lowest BCUT2D eigenvalue weighted by Crippen LogP contribution is -2.48. The van der Waals surface area contributed by atoms with Crippen LogP contribution in [0.2, 0.25) is 0 Å². The van der Waals surface area contributed by atoms with E-state index in [0.29, 0.717) is 21.5 Å². The number of amides is 4. The Morgan fingerprint density at radius 3 is 2.48 bits per heavy atom. The van der Waals surface area contributed by atoms with Crippen LogP contribution in [0.1, 0.15) is 60.6 Å². The van der Waals surface area contributed by atoms with Crippen LogP contribution in [0.25, 0.3) is 21.5 Å². The minimum absolute atomic E-state index is 0.0218. The molecule has 2 saturated heterocycles. The van der Waals surface area contributed by atoms with Gasteiger partial charge in [-0.05, 0) is 48.4 Å². The summed E-state index contributed by atoms with van der Waals surface area (Å²) in [6, 6.07) is 3.03. The zero-order valence-electron chi connectivity index (χ0n) is 26.1. The number of piperidine rings is 1. The summed E-state index contributed by atoms with van der Waals surface area (Å²) in [5.41, 5.74) is 5.21. The first-order valence-electron chi connectivity index (χ1n) is 15.2. The van der Waals surface area contributed by atoms with E-state index in [0.717, 1.165) is 6.07 Å². The lowest BCUT2D eigenvalue weighted by molar-refractivity contribution is -0.144. The van der Waals surface area contributed by atoms with Crippen LogP contribution >= 0.6 is 11.3 Å². The summed E-state index contributed by atoms with van der Waals surface area (Å²) in [5, 5.41) is 2.88. The number of carbonyl (C=O) groups is 4. The van der Waals surface area contributed by atoms with E-state index in [4.69, 9.17) is 5.73 Å². The Hall–Kier alpha value is -3.91. The summed E-state index contributed by atoms with van der Waals surface area (Å²) in [6.45, 7) is 9.38. The number of alkyl halides is 3. The maximum Gasteiger partial charge on any atom is 0.433 e. The van der Waals surface area contributed by atoms with Crippen LogP contribution in [-0.4, -0.2) is 68.6 Å². The molecule has 2 aliphatic heterocycles. The molecule has 5 heterocycles. The van der Waals surface area contributed by atoms with Crippen molar-refractivity contribution in [3.8, 4) is 11.3 Å². The predicted octanol–water partition coefficient (Wildman–Crippen LogP) is 4.14. The molecule has 4 amide bonds. The van der Waals surface area contributed by atoms with Gasteiger partial charge in [0.15, 0.2) is 0 Å². The summed E-state index contributed by atoms with van der Waals surface area (Å²) in [7, 11) is 0. The summed E-state index contributed by atoms with van der Waals surface area (Å²) >= 11 is 1.20. The zero-order valence-corrected chi connectivity index (χ0v) is 26.9. The number of likely N-dealkylation sites (tertiary alicyclic amines) is 2. The van der Waals surface area contributed by atoms with Crippen molar-refractivity contribution in [2.45, 2.75) is 65.8 Å². The smallest absolute Gasteiger partial charge is 0.350 e. The fourth-order valence-electron chi connectivity index (χ4n) is 6.67. The first-order chi connectivity index (χ1) is 21.5. The number of nitrogens with one attached hydrogen (secondary N) is 1. The lowest BCUT2D eigenvalue weighted by Gasteiger charge is -2.22. The average Bonchev–Trinajstić information content (AvgIpc) is 3.38. The molecule has 3 aromatic rings. The third kappa shape index (κ3) is 5.34. The minimum atomic E-state index is -4.77. The first-order valence-corrected chi connectivity index (χ1v) is 16.0. The molecule has 6 rings (SSSR count). The number of imide groups is 1. The van der Waals surface area contributed by atoms with Gasteiger partial charge >= 0.3 is 6.18 Å². The van der Waals surface area contributed by atoms with Crippen LogP contribution in [0.3, 0.4) is 0 Å². The van der Waals surface area contributed by atoms with E-state index in [-0.39, 0.29) is 89.0 Å².